The minimum absolute atomic E-state index is 0.0644. The van der Waals surface area contributed by atoms with E-state index in [-0.39, 0.29) is 18.5 Å². The van der Waals surface area contributed by atoms with Crippen LogP contribution in [0.25, 0.3) is 0 Å². The Labute approximate surface area is 272 Å². The fourth-order valence-corrected chi connectivity index (χ4v) is 6.61. The summed E-state index contributed by atoms with van der Waals surface area (Å²) in [5.41, 5.74) is 3.09. The molecule has 1 saturated carbocycles. The van der Waals surface area contributed by atoms with Gasteiger partial charge < -0.3 is 15.0 Å². The second kappa shape index (κ2) is 15.6. The first-order valence-electron chi connectivity index (χ1n) is 15.7. The summed E-state index contributed by atoms with van der Waals surface area (Å²) in [7, 11) is -3.87. The van der Waals surface area contributed by atoms with Crippen molar-refractivity contribution in [1.82, 2.24) is 10.2 Å². The molecule has 0 aliphatic heterocycles. The summed E-state index contributed by atoms with van der Waals surface area (Å²) in [5.74, 6) is -0.128. The van der Waals surface area contributed by atoms with Crippen molar-refractivity contribution in [3.8, 4) is 5.75 Å². The highest BCUT2D eigenvalue weighted by atomic mass is 32.2. The van der Waals surface area contributed by atoms with E-state index in [4.69, 9.17) is 4.74 Å². The van der Waals surface area contributed by atoms with E-state index in [1.807, 2.05) is 91.0 Å². The first-order chi connectivity index (χ1) is 22.3. The van der Waals surface area contributed by atoms with Crippen LogP contribution < -0.4 is 14.4 Å². The fourth-order valence-electron chi connectivity index (χ4n) is 5.76. The summed E-state index contributed by atoms with van der Waals surface area (Å²) < 4.78 is 33.2. The molecule has 240 valence electrons. The molecule has 0 saturated heterocycles. The van der Waals surface area contributed by atoms with Gasteiger partial charge in [0.05, 0.1) is 11.9 Å². The summed E-state index contributed by atoms with van der Waals surface area (Å²) >= 11 is 0. The third kappa shape index (κ3) is 9.20. The van der Waals surface area contributed by atoms with E-state index in [9.17, 15) is 18.0 Å². The third-order valence-corrected chi connectivity index (χ3v) is 9.36. The molecular weight excluding hydrogens is 598 g/mol. The van der Waals surface area contributed by atoms with Gasteiger partial charge >= 0.3 is 0 Å². The smallest absolute Gasteiger partial charge is 0.244 e. The Morgan fingerprint density at radius 1 is 0.783 bits per heavy atom. The number of hydrogen-bond acceptors (Lipinski definition) is 5. The van der Waals surface area contributed by atoms with Crippen molar-refractivity contribution in [1.29, 1.82) is 0 Å². The second-order valence-corrected chi connectivity index (χ2v) is 13.6. The maximum absolute atomic E-state index is 14.3. The predicted molar refractivity (Wildman–Crippen MR) is 181 cm³/mol. The molecule has 0 spiro atoms. The zero-order valence-corrected chi connectivity index (χ0v) is 26.9. The van der Waals surface area contributed by atoms with Crippen LogP contribution >= 0.6 is 0 Å². The van der Waals surface area contributed by atoms with Crippen LogP contribution in [-0.2, 0) is 39.2 Å². The van der Waals surface area contributed by atoms with E-state index in [0.29, 0.717) is 24.5 Å². The maximum Gasteiger partial charge on any atom is 0.244 e. The number of ether oxygens (including phenoxy) is 1. The molecule has 1 unspecified atom stereocenters. The van der Waals surface area contributed by atoms with Crippen molar-refractivity contribution in [3.05, 3.63) is 132 Å². The van der Waals surface area contributed by atoms with Crippen LogP contribution in [0.3, 0.4) is 0 Å². The molecule has 2 amide bonds. The Hall–Kier alpha value is -4.63. The molecule has 4 aromatic rings. The molecule has 1 fully saturated rings. The van der Waals surface area contributed by atoms with Crippen molar-refractivity contribution < 1.29 is 22.7 Å². The van der Waals surface area contributed by atoms with Crippen LogP contribution in [-0.4, -0.2) is 50.0 Å². The number of benzene rings is 4. The summed E-state index contributed by atoms with van der Waals surface area (Å²) in [6.07, 6.45) is 5.30. The average Bonchev–Trinajstić information content (AvgIpc) is 3.58. The zero-order valence-electron chi connectivity index (χ0n) is 26.1. The van der Waals surface area contributed by atoms with Crippen LogP contribution in [0.15, 0.2) is 115 Å². The maximum atomic E-state index is 14.3. The number of sulfonamides is 1. The normalized spacial score (nSPS) is 13.9. The summed E-state index contributed by atoms with van der Waals surface area (Å²) in [6, 6.07) is 34.6. The molecule has 0 bridgehead atoms. The molecular formula is C37H41N3O5S. The second-order valence-electron chi connectivity index (χ2n) is 11.7. The quantitative estimate of drug-likeness (QED) is 0.190. The number of rotatable bonds is 14. The average molecular weight is 640 g/mol. The number of nitrogens with one attached hydrogen (secondary N) is 1. The Bertz CT molecular complexity index is 1660. The molecule has 8 nitrogen and oxygen atoms in total. The zero-order chi connectivity index (χ0) is 32.4. The van der Waals surface area contributed by atoms with E-state index < -0.39 is 28.5 Å². The molecule has 0 aromatic heterocycles. The van der Waals surface area contributed by atoms with Gasteiger partial charge in [0.25, 0.3) is 0 Å². The number of hydrogen-bond donors (Lipinski definition) is 1. The predicted octanol–water partition coefficient (Wildman–Crippen LogP) is 5.73. The van der Waals surface area contributed by atoms with E-state index in [1.54, 1.807) is 24.3 Å². The minimum Gasteiger partial charge on any atom is -0.489 e. The van der Waals surface area contributed by atoms with Gasteiger partial charge in [0.1, 0.15) is 24.9 Å². The molecule has 9 heteroatoms. The van der Waals surface area contributed by atoms with E-state index in [1.165, 1.54) is 4.90 Å². The third-order valence-electron chi connectivity index (χ3n) is 8.22. The number of amides is 2. The highest BCUT2D eigenvalue weighted by molar-refractivity contribution is 7.92. The summed E-state index contributed by atoms with van der Waals surface area (Å²) in [6.45, 7) is 0.0612. The van der Waals surface area contributed by atoms with Crippen molar-refractivity contribution in [3.63, 3.8) is 0 Å². The Balaban J connectivity index is 1.41. The van der Waals surface area contributed by atoms with Gasteiger partial charge in [-0.1, -0.05) is 104 Å². The molecule has 46 heavy (non-hydrogen) atoms. The van der Waals surface area contributed by atoms with Gasteiger partial charge in [0, 0.05) is 19.0 Å². The molecule has 0 heterocycles. The van der Waals surface area contributed by atoms with Crippen molar-refractivity contribution in [2.45, 2.75) is 57.3 Å². The van der Waals surface area contributed by atoms with E-state index in [0.717, 1.165) is 52.9 Å². The topological polar surface area (TPSA) is 96.0 Å². The monoisotopic (exact) mass is 639 g/mol. The largest absolute Gasteiger partial charge is 0.489 e. The Morgan fingerprint density at radius 2 is 1.33 bits per heavy atom. The number of carbonyl (C=O) groups is 2. The first kappa shape index (κ1) is 32.8. The summed E-state index contributed by atoms with van der Waals surface area (Å²) in [4.78, 5) is 29.8. The van der Waals surface area contributed by atoms with Gasteiger partial charge in [-0.2, -0.15) is 0 Å². The van der Waals surface area contributed by atoms with Crippen LogP contribution in [0, 0.1) is 0 Å². The molecule has 0 radical (unpaired) electrons. The lowest BCUT2D eigenvalue weighted by Gasteiger charge is -2.34. The first-order valence-corrected chi connectivity index (χ1v) is 17.5. The highest BCUT2D eigenvalue weighted by Crippen LogP contribution is 2.24. The van der Waals surface area contributed by atoms with E-state index in [2.05, 4.69) is 5.32 Å². The minimum atomic E-state index is -3.87. The Kier molecular flexibility index (Phi) is 11.1. The van der Waals surface area contributed by atoms with Crippen molar-refractivity contribution >= 4 is 27.5 Å². The van der Waals surface area contributed by atoms with Crippen LogP contribution in [0.5, 0.6) is 5.75 Å². The molecule has 1 N–H and O–H groups in total. The van der Waals surface area contributed by atoms with Crippen molar-refractivity contribution in [2.75, 3.05) is 17.1 Å². The molecule has 1 aliphatic carbocycles. The van der Waals surface area contributed by atoms with Gasteiger partial charge in [-0.05, 0) is 53.8 Å². The molecule has 5 rings (SSSR count). The van der Waals surface area contributed by atoms with Gasteiger partial charge in [-0.3, -0.25) is 13.9 Å². The van der Waals surface area contributed by atoms with Gasteiger partial charge in [-0.25, -0.2) is 8.42 Å². The number of anilines is 1. The molecule has 4 aromatic carbocycles. The standard InChI is InChI=1S/C37H41N3O5S/c1-46(43,44)40(33-21-23-34(24-22-33)45-28-31-17-9-4-10-18-31)27-36(41)39(26-30-15-7-3-8-16-30)35(25-29-13-5-2-6-14-29)37(42)38-32-19-11-12-20-32/h2-10,13-18,21-24,32,35H,11-12,19-20,25-28H2,1H3,(H,38,42). The van der Waals surface area contributed by atoms with Gasteiger partial charge in [0.2, 0.25) is 21.8 Å². The molecule has 1 aliphatic rings. The Morgan fingerprint density at radius 3 is 1.89 bits per heavy atom. The van der Waals surface area contributed by atoms with Crippen LogP contribution in [0.1, 0.15) is 42.4 Å². The lowest BCUT2D eigenvalue weighted by atomic mass is 10.0. The lowest BCUT2D eigenvalue weighted by Crippen LogP contribution is -2.54. The number of nitrogens with zero attached hydrogens (tertiary/aromatic N) is 2. The molecule has 1 atom stereocenters. The van der Waals surface area contributed by atoms with E-state index >= 15 is 0 Å². The van der Waals surface area contributed by atoms with Crippen LogP contribution in [0.2, 0.25) is 0 Å². The van der Waals surface area contributed by atoms with Crippen molar-refractivity contribution in [2.24, 2.45) is 0 Å². The SMILES string of the molecule is CS(=O)(=O)N(CC(=O)N(Cc1ccccc1)C(Cc1ccccc1)C(=O)NC1CCCC1)c1ccc(OCc2ccccc2)cc1. The summed E-state index contributed by atoms with van der Waals surface area (Å²) in [5, 5.41) is 3.19. The lowest BCUT2D eigenvalue weighted by molar-refractivity contribution is -0.140. The van der Waals surface area contributed by atoms with Gasteiger partial charge in [0.15, 0.2) is 0 Å². The van der Waals surface area contributed by atoms with Crippen LogP contribution in [0.4, 0.5) is 5.69 Å². The fraction of sp³-hybridized carbons (Fsp3) is 0.297. The number of carbonyl (C=O) groups excluding carboxylic acids is 2. The van der Waals surface area contributed by atoms with Gasteiger partial charge in [-0.15, -0.1) is 0 Å². The highest BCUT2D eigenvalue weighted by Gasteiger charge is 2.34.